The smallest absolute Gasteiger partial charge is 0.493 e. The average Bonchev–Trinajstić information content (AvgIpc) is 2.62. The van der Waals surface area contributed by atoms with Crippen molar-refractivity contribution in [3.63, 3.8) is 0 Å². The molecule has 0 aliphatic heterocycles. The monoisotopic (exact) mass is 344 g/mol. The Hall–Kier alpha value is -2.69. The molecule has 0 N–H and O–H groups in total. The second kappa shape index (κ2) is 8.97. The Labute approximate surface area is 148 Å². The Bertz CT molecular complexity index is 724. The minimum atomic E-state index is -0.778. The number of ether oxygens (including phenoxy) is 4. The summed E-state index contributed by atoms with van der Waals surface area (Å²) in [6.07, 6.45) is 0.0924. The number of hydrogen-bond acceptors (Lipinski definition) is 5. The van der Waals surface area contributed by atoms with Crippen LogP contribution in [0.1, 0.15) is 30.5 Å². The molecule has 0 fully saturated rings. The third kappa shape index (κ3) is 4.89. The van der Waals surface area contributed by atoms with Gasteiger partial charge < -0.3 is 18.9 Å². The van der Waals surface area contributed by atoms with Gasteiger partial charge in [0.25, 0.3) is 0 Å². The van der Waals surface area contributed by atoms with E-state index in [2.05, 4.69) is 24.7 Å². The highest BCUT2D eigenvalue weighted by atomic mass is 16.7. The van der Waals surface area contributed by atoms with Crippen molar-refractivity contribution in [1.29, 1.82) is 0 Å². The molecule has 0 heterocycles. The van der Waals surface area contributed by atoms with Crippen molar-refractivity contribution in [2.45, 2.75) is 33.8 Å². The molecule has 0 aliphatic rings. The molecule has 0 spiro atoms. The van der Waals surface area contributed by atoms with E-state index >= 15 is 0 Å². The molecule has 2 aromatic carbocycles. The van der Waals surface area contributed by atoms with Gasteiger partial charge in [-0.2, -0.15) is 0 Å². The molecule has 2 aromatic rings. The van der Waals surface area contributed by atoms with Gasteiger partial charge in [-0.25, -0.2) is 4.79 Å². The van der Waals surface area contributed by atoms with Crippen molar-refractivity contribution >= 4 is 6.16 Å². The van der Waals surface area contributed by atoms with Gasteiger partial charge in [-0.1, -0.05) is 30.7 Å². The molecule has 25 heavy (non-hydrogen) atoms. The highest BCUT2D eigenvalue weighted by molar-refractivity contribution is 5.65. The van der Waals surface area contributed by atoms with Gasteiger partial charge in [0.05, 0.1) is 19.3 Å². The molecule has 5 nitrogen and oxygen atoms in total. The predicted molar refractivity (Wildman–Crippen MR) is 95.5 cm³/mol. The highest BCUT2D eigenvalue weighted by Crippen LogP contribution is 2.31. The topological polar surface area (TPSA) is 54.0 Å². The molecule has 0 amide bonds. The maximum Gasteiger partial charge on any atom is 0.513 e. The Morgan fingerprint density at radius 3 is 2.44 bits per heavy atom. The van der Waals surface area contributed by atoms with Gasteiger partial charge >= 0.3 is 6.16 Å². The van der Waals surface area contributed by atoms with E-state index in [0.29, 0.717) is 23.7 Å². The molecule has 0 saturated heterocycles. The van der Waals surface area contributed by atoms with Gasteiger partial charge in [-0.15, -0.1) is 0 Å². The summed E-state index contributed by atoms with van der Waals surface area (Å²) >= 11 is 0. The molecule has 0 aromatic heterocycles. The number of hydrogen-bond donors (Lipinski definition) is 0. The third-order valence-electron chi connectivity index (χ3n) is 3.72. The van der Waals surface area contributed by atoms with Gasteiger partial charge in [-0.3, -0.25) is 0 Å². The van der Waals surface area contributed by atoms with Gasteiger partial charge in [0.15, 0.2) is 0 Å². The van der Waals surface area contributed by atoms with Crippen LogP contribution in [-0.2, 0) is 17.8 Å². The van der Waals surface area contributed by atoms with Crippen molar-refractivity contribution in [1.82, 2.24) is 0 Å². The van der Waals surface area contributed by atoms with E-state index < -0.39 is 6.16 Å². The maximum absolute atomic E-state index is 11.5. The first kappa shape index (κ1) is 18.6. The van der Waals surface area contributed by atoms with Crippen molar-refractivity contribution < 1.29 is 23.7 Å². The second-order valence-corrected chi connectivity index (χ2v) is 5.48. The summed E-state index contributed by atoms with van der Waals surface area (Å²) in [4.78, 5) is 11.5. The lowest BCUT2D eigenvalue weighted by atomic mass is 10.1. The number of aryl methyl sites for hydroxylation is 2. The minimum absolute atomic E-state index is 0.221. The van der Waals surface area contributed by atoms with Crippen molar-refractivity contribution in [3.05, 3.63) is 53.1 Å². The molecule has 0 aliphatic carbocycles. The van der Waals surface area contributed by atoms with Crippen LogP contribution in [0.25, 0.3) is 0 Å². The SMILES string of the molecule is CCOc1cccc(OC(=O)OC)c1COc1ccc(C)cc1CC. The van der Waals surface area contributed by atoms with Crippen LogP contribution in [0.5, 0.6) is 17.2 Å². The normalized spacial score (nSPS) is 10.2. The Morgan fingerprint density at radius 1 is 1.00 bits per heavy atom. The zero-order valence-electron chi connectivity index (χ0n) is 15.1. The fourth-order valence-electron chi connectivity index (χ4n) is 2.48. The number of benzene rings is 2. The second-order valence-electron chi connectivity index (χ2n) is 5.48. The minimum Gasteiger partial charge on any atom is -0.493 e. The van der Waals surface area contributed by atoms with Crippen LogP contribution in [0.15, 0.2) is 36.4 Å². The van der Waals surface area contributed by atoms with E-state index in [1.807, 2.05) is 25.1 Å². The van der Waals surface area contributed by atoms with E-state index in [1.165, 1.54) is 12.7 Å². The predicted octanol–water partition coefficient (Wildman–Crippen LogP) is 4.68. The van der Waals surface area contributed by atoms with Crippen LogP contribution < -0.4 is 14.2 Å². The third-order valence-corrected chi connectivity index (χ3v) is 3.72. The van der Waals surface area contributed by atoms with Gasteiger partial charge in [0.1, 0.15) is 23.9 Å². The van der Waals surface area contributed by atoms with Crippen LogP contribution in [0.3, 0.4) is 0 Å². The zero-order valence-corrected chi connectivity index (χ0v) is 15.1. The van der Waals surface area contributed by atoms with Crippen molar-refractivity contribution in [2.24, 2.45) is 0 Å². The molecular formula is C20H24O5. The fourth-order valence-corrected chi connectivity index (χ4v) is 2.48. The van der Waals surface area contributed by atoms with Crippen molar-refractivity contribution in [3.8, 4) is 17.2 Å². The molecule has 5 heteroatoms. The van der Waals surface area contributed by atoms with Crippen LogP contribution in [0.2, 0.25) is 0 Å². The number of carbonyl (C=O) groups is 1. The van der Waals surface area contributed by atoms with Gasteiger partial charge in [0.2, 0.25) is 0 Å². The van der Waals surface area contributed by atoms with Crippen LogP contribution >= 0.6 is 0 Å². The van der Waals surface area contributed by atoms with Crippen LogP contribution in [0.4, 0.5) is 4.79 Å². The Morgan fingerprint density at radius 2 is 1.76 bits per heavy atom. The first-order valence-electron chi connectivity index (χ1n) is 8.31. The summed E-state index contributed by atoms with van der Waals surface area (Å²) in [7, 11) is 1.27. The Kier molecular flexibility index (Phi) is 6.69. The summed E-state index contributed by atoms with van der Waals surface area (Å²) in [6, 6.07) is 11.3. The average molecular weight is 344 g/mol. The number of methoxy groups -OCH3 is 1. The van der Waals surface area contributed by atoms with Crippen molar-refractivity contribution in [2.75, 3.05) is 13.7 Å². The fraction of sp³-hybridized carbons (Fsp3) is 0.350. The molecular weight excluding hydrogens is 320 g/mol. The quantitative estimate of drug-likeness (QED) is 0.539. The van der Waals surface area contributed by atoms with E-state index in [9.17, 15) is 4.79 Å². The van der Waals surface area contributed by atoms with E-state index in [0.717, 1.165) is 17.7 Å². The summed E-state index contributed by atoms with van der Waals surface area (Å²) in [5.74, 6) is 1.79. The lowest BCUT2D eigenvalue weighted by Crippen LogP contribution is -2.11. The van der Waals surface area contributed by atoms with Crippen LogP contribution in [-0.4, -0.2) is 19.9 Å². The lowest BCUT2D eigenvalue weighted by Gasteiger charge is -2.16. The molecule has 2 rings (SSSR count). The lowest BCUT2D eigenvalue weighted by molar-refractivity contribution is 0.120. The first-order valence-corrected chi connectivity index (χ1v) is 8.31. The van der Waals surface area contributed by atoms with E-state index in [-0.39, 0.29) is 6.61 Å². The van der Waals surface area contributed by atoms with Crippen LogP contribution in [0, 0.1) is 6.92 Å². The summed E-state index contributed by atoms with van der Waals surface area (Å²) < 4.78 is 21.4. The summed E-state index contributed by atoms with van der Waals surface area (Å²) in [5, 5.41) is 0. The van der Waals surface area contributed by atoms with Gasteiger partial charge in [0, 0.05) is 0 Å². The molecule has 0 saturated carbocycles. The largest absolute Gasteiger partial charge is 0.513 e. The zero-order chi connectivity index (χ0) is 18.2. The Balaban J connectivity index is 2.28. The standard InChI is InChI=1S/C20H24O5/c1-5-15-12-14(3)10-11-17(15)24-13-16-18(23-6-2)8-7-9-19(16)25-20(21)22-4/h7-12H,5-6,13H2,1-4H3. The summed E-state index contributed by atoms with van der Waals surface area (Å²) in [5.41, 5.74) is 2.98. The highest BCUT2D eigenvalue weighted by Gasteiger charge is 2.16. The molecule has 0 atom stereocenters. The molecule has 0 unspecified atom stereocenters. The number of carbonyl (C=O) groups excluding carboxylic acids is 1. The first-order chi connectivity index (χ1) is 12.1. The molecule has 0 bridgehead atoms. The summed E-state index contributed by atoms with van der Waals surface area (Å²) in [6.45, 7) is 6.75. The van der Waals surface area contributed by atoms with E-state index in [4.69, 9.17) is 14.2 Å². The molecule has 0 radical (unpaired) electrons. The van der Waals surface area contributed by atoms with Gasteiger partial charge in [-0.05, 0) is 44.0 Å². The number of rotatable bonds is 7. The van der Waals surface area contributed by atoms with E-state index in [1.54, 1.807) is 12.1 Å². The molecule has 134 valence electrons. The maximum atomic E-state index is 11.5.